The molecule has 2 rings (SSSR count). The van der Waals surface area contributed by atoms with Gasteiger partial charge >= 0.3 is 0 Å². The number of nitrogens with zero attached hydrogens (tertiary/aromatic N) is 3. The summed E-state index contributed by atoms with van der Waals surface area (Å²) in [7, 11) is 0. The van der Waals surface area contributed by atoms with Crippen LogP contribution >= 0.6 is 0 Å². The Morgan fingerprint density at radius 2 is 2.07 bits per heavy atom. The maximum atomic E-state index is 5.34. The van der Waals surface area contributed by atoms with Gasteiger partial charge in [-0.3, -0.25) is 9.58 Å². The van der Waals surface area contributed by atoms with Crippen LogP contribution in [0.5, 0.6) is 0 Å². The molecule has 4 nitrogen and oxygen atoms in total. The Kier molecular flexibility index (Phi) is 3.07. The van der Waals surface area contributed by atoms with Crippen LogP contribution in [-0.2, 0) is 10.3 Å². The van der Waals surface area contributed by atoms with E-state index < -0.39 is 0 Å². The second-order valence-electron chi connectivity index (χ2n) is 4.65. The average Bonchev–Trinajstić information content (AvgIpc) is 2.71. The number of ether oxygens (including phenoxy) is 1. The third kappa shape index (κ3) is 2.58. The smallest absolute Gasteiger partial charge is 0.0697 e. The van der Waals surface area contributed by atoms with Crippen LogP contribution in [0.15, 0.2) is 18.5 Å². The van der Waals surface area contributed by atoms with E-state index in [4.69, 9.17) is 4.74 Å². The SMILES string of the molecule is CC(C)(CN1CCOCC1)n1cccn1. The second-order valence-corrected chi connectivity index (χ2v) is 4.65. The summed E-state index contributed by atoms with van der Waals surface area (Å²) in [5.41, 5.74) is 0.0564. The molecule has 0 spiro atoms. The van der Waals surface area contributed by atoms with E-state index in [1.54, 1.807) is 0 Å². The molecule has 1 aliphatic heterocycles. The van der Waals surface area contributed by atoms with E-state index in [9.17, 15) is 0 Å². The highest BCUT2D eigenvalue weighted by atomic mass is 16.5. The van der Waals surface area contributed by atoms with Gasteiger partial charge < -0.3 is 4.74 Å². The molecule has 1 aliphatic rings. The summed E-state index contributed by atoms with van der Waals surface area (Å²) in [6.45, 7) is 9.24. The molecule has 0 atom stereocenters. The summed E-state index contributed by atoms with van der Waals surface area (Å²) in [4.78, 5) is 2.44. The van der Waals surface area contributed by atoms with E-state index in [1.165, 1.54) is 0 Å². The molecule has 1 aromatic rings. The van der Waals surface area contributed by atoms with Crippen LogP contribution in [0.2, 0.25) is 0 Å². The minimum Gasteiger partial charge on any atom is -0.379 e. The monoisotopic (exact) mass is 209 g/mol. The second kappa shape index (κ2) is 4.33. The molecule has 0 N–H and O–H groups in total. The fraction of sp³-hybridized carbons (Fsp3) is 0.727. The zero-order chi connectivity index (χ0) is 10.7. The molecule has 0 saturated carbocycles. The molecule has 0 amide bonds. The highest BCUT2D eigenvalue weighted by Gasteiger charge is 2.24. The Bertz CT molecular complexity index is 289. The molecule has 0 aromatic carbocycles. The van der Waals surface area contributed by atoms with E-state index in [0.29, 0.717) is 0 Å². The summed E-state index contributed by atoms with van der Waals surface area (Å²) < 4.78 is 7.37. The molecule has 2 heterocycles. The molecule has 0 aliphatic carbocycles. The maximum absolute atomic E-state index is 5.34. The zero-order valence-electron chi connectivity index (χ0n) is 9.52. The van der Waals surface area contributed by atoms with Crippen LogP contribution in [0.25, 0.3) is 0 Å². The molecule has 15 heavy (non-hydrogen) atoms. The van der Waals surface area contributed by atoms with Crippen molar-refractivity contribution in [1.29, 1.82) is 0 Å². The van der Waals surface area contributed by atoms with E-state index in [0.717, 1.165) is 32.8 Å². The van der Waals surface area contributed by atoms with Crippen LogP contribution in [-0.4, -0.2) is 47.5 Å². The first-order valence-corrected chi connectivity index (χ1v) is 5.49. The standard InChI is InChI=1S/C11H19N3O/c1-11(2,14-5-3-4-12-14)10-13-6-8-15-9-7-13/h3-5H,6-10H2,1-2H3. The fourth-order valence-electron chi connectivity index (χ4n) is 2.01. The van der Waals surface area contributed by atoms with Crippen molar-refractivity contribution in [3.8, 4) is 0 Å². The molecule has 0 bridgehead atoms. The summed E-state index contributed by atoms with van der Waals surface area (Å²) >= 11 is 0. The number of rotatable bonds is 3. The lowest BCUT2D eigenvalue weighted by Gasteiger charge is -2.35. The first-order valence-electron chi connectivity index (χ1n) is 5.49. The maximum Gasteiger partial charge on any atom is 0.0697 e. The molecule has 0 radical (unpaired) electrons. The van der Waals surface area contributed by atoms with Gasteiger partial charge in [0.1, 0.15) is 0 Å². The summed E-state index contributed by atoms with van der Waals surface area (Å²) in [6, 6.07) is 1.97. The van der Waals surface area contributed by atoms with Crippen molar-refractivity contribution in [2.24, 2.45) is 0 Å². The van der Waals surface area contributed by atoms with Gasteiger partial charge in [0.2, 0.25) is 0 Å². The van der Waals surface area contributed by atoms with Gasteiger partial charge in [-0.1, -0.05) is 0 Å². The minimum absolute atomic E-state index is 0.0564. The van der Waals surface area contributed by atoms with E-state index in [2.05, 4.69) is 23.8 Å². The molecule has 1 saturated heterocycles. The fourth-order valence-corrected chi connectivity index (χ4v) is 2.01. The first-order chi connectivity index (χ1) is 7.18. The third-order valence-corrected chi connectivity index (χ3v) is 2.84. The molecular formula is C11H19N3O. The molecule has 4 heteroatoms. The average molecular weight is 209 g/mol. The van der Waals surface area contributed by atoms with Gasteiger partial charge in [-0.2, -0.15) is 5.10 Å². The Hall–Kier alpha value is -0.870. The number of aromatic nitrogens is 2. The summed E-state index contributed by atoms with van der Waals surface area (Å²) in [5, 5.41) is 4.31. The lowest BCUT2D eigenvalue weighted by molar-refractivity contribution is 0.0213. The van der Waals surface area contributed by atoms with Crippen LogP contribution < -0.4 is 0 Å². The van der Waals surface area contributed by atoms with Crippen molar-refractivity contribution in [2.45, 2.75) is 19.4 Å². The van der Waals surface area contributed by atoms with Gasteiger partial charge in [0.05, 0.1) is 18.8 Å². The number of hydrogen-bond acceptors (Lipinski definition) is 3. The largest absolute Gasteiger partial charge is 0.379 e. The normalized spacial score (nSPS) is 19.3. The van der Waals surface area contributed by atoms with Crippen LogP contribution in [0.3, 0.4) is 0 Å². The summed E-state index contributed by atoms with van der Waals surface area (Å²) in [5.74, 6) is 0. The Morgan fingerprint density at radius 1 is 1.33 bits per heavy atom. The first kappa shape index (κ1) is 10.6. The third-order valence-electron chi connectivity index (χ3n) is 2.84. The van der Waals surface area contributed by atoms with Gasteiger partial charge in [0.15, 0.2) is 0 Å². The Morgan fingerprint density at radius 3 is 2.67 bits per heavy atom. The van der Waals surface area contributed by atoms with E-state index in [1.807, 2.05) is 23.1 Å². The van der Waals surface area contributed by atoms with Crippen LogP contribution in [0.4, 0.5) is 0 Å². The molecule has 0 unspecified atom stereocenters. The van der Waals surface area contributed by atoms with Crippen molar-refractivity contribution in [3.63, 3.8) is 0 Å². The van der Waals surface area contributed by atoms with Gasteiger partial charge in [0.25, 0.3) is 0 Å². The predicted molar refractivity (Wildman–Crippen MR) is 58.8 cm³/mol. The van der Waals surface area contributed by atoms with E-state index in [-0.39, 0.29) is 5.54 Å². The Labute approximate surface area is 90.8 Å². The molecular weight excluding hydrogens is 190 g/mol. The van der Waals surface area contributed by atoms with Gasteiger partial charge in [-0.15, -0.1) is 0 Å². The van der Waals surface area contributed by atoms with Crippen molar-refractivity contribution >= 4 is 0 Å². The minimum atomic E-state index is 0.0564. The molecule has 1 fully saturated rings. The van der Waals surface area contributed by atoms with E-state index >= 15 is 0 Å². The Balaban J connectivity index is 1.97. The van der Waals surface area contributed by atoms with Gasteiger partial charge in [-0.05, 0) is 19.9 Å². The predicted octanol–water partition coefficient (Wildman–Crippen LogP) is 0.950. The van der Waals surface area contributed by atoms with Crippen molar-refractivity contribution < 1.29 is 4.74 Å². The van der Waals surface area contributed by atoms with Crippen molar-refractivity contribution in [2.75, 3.05) is 32.8 Å². The van der Waals surface area contributed by atoms with Crippen molar-refractivity contribution in [3.05, 3.63) is 18.5 Å². The van der Waals surface area contributed by atoms with Crippen LogP contribution in [0, 0.1) is 0 Å². The number of hydrogen-bond donors (Lipinski definition) is 0. The number of morpholine rings is 1. The zero-order valence-corrected chi connectivity index (χ0v) is 9.52. The molecule has 1 aromatic heterocycles. The van der Waals surface area contributed by atoms with Gasteiger partial charge in [0, 0.05) is 32.0 Å². The molecule has 84 valence electrons. The lowest BCUT2D eigenvalue weighted by Crippen LogP contribution is -2.46. The highest BCUT2D eigenvalue weighted by molar-refractivity contribution is 4.88. The van der Waals surface area contributed by atoms with Crippen molar-refractivity contribution in [1.82, 2.24) is 14.7 Å². The lowest BCUT2D eigenvalue weighted by atomic mass is 10.1. The topological polar surface area (TPSA) is 30.3 Å². The summed E-state index contributed by atoms with van der Waals surface area (Å²) in [6.07, 6.45) is 3.86. The quantitative estimate of drug-likeness (QED) is 0.742. The van der Waals surface area contributed by atoms with Crippen LogP contribution in [0.1, 0.15) is 13.8 Å². The van der Waals surface area contributed by atoms with Gasteiger partial charge in [-0.25, -0.2) is 0 Å². The highest BCUT2D eigenvalue weighted by Crippen LogP contribution is 2.16.